The van der Waals surface area contributed by atoms with Gasteiger partial charge in [0.1, 0.15) is 17.3 Å². The molecule has 0 aromatic heterocycles. The molecule has 204 valence electrons. The third kappa shape index (κ3) is 6.17. The molecule has 1 N–H and O–H groups in total. The number of aliphatic hydroxyl groups is 1. The molecule has 4 rings (SSSR count). The van der Waals surface area contributed by atoms with Crippen molar-refractivity contribution in [1.29, 1.82) is 0 Å². The van der Waals surface area contributed by atoms with Crippen molar-refractivity contribution < 1.29 is 24.2 Å². The molecule has 1 fully saturated rings. The highest BCUT2D eigenvalue weighted by Crippen LogP contribution is 2.41. The van der Waals surface area contributed by atoms with Crippen LogP contribution in [0.1, 0.15) is 62.9 Å². The van der Waals surface area contributed by atoms with Gasteiger partial charge in [-0.2, -0.15) is 0 Å². The van der Waals surface area contributed by atoms with Gasteiger partial charge in [0.05, 0.1) is 25.3 Å². The first-order valence-electron chi connectivity index (χ1n) is 13.2. The number of likely N-dealkylation sites (tertiary alicyclic amines) is 1. The Morgan fingerprint density at radius 2 is 1.62 bits per heavy atom. The number of Topliss-reactive ketones (excluding diaryl/α,β-unsaturated/α-hetero) is 1. The maximum Gasteiger partial charge on any atom is 0.295 e. The Kier molecular flexibility index (Phi) is 8.14. The minimum absolute atomic E-state index is 0.0552. The standard InChI is InChI=1S/C33H37NO5/c1-21(2)20-39-26-16-12-24(13-17-26)30(35)28-29(23-10-14-25(15-11-23)33(3,4)5)34(32(37)31(28)36)19-22-8-7-9-27(18-22)38-6/h7-18,21,29,35H,19-20H2,1-6H3/b30-28-. The largest absolute Gasteiger partial charge is 0.507 e. The van der Waals surface area contributed by atoms with E-state index in [0.29, 0.717) is 29.6 Å². The van der Waals surface area contributed by atoms with E-state index in [4.69, 9.17) is 9.47 Å². The molecule has 0 bridgehead atoms. The molecule has 1 heterocycles. The van der Waals surface area contributed by atoms with Crippen molar-refractivity contribution in [2.45, 2.75) is 52.6 Å². The van der Waals surface area contributed by atoms with Crippen LogP contribution in [0.15, 0.2) is 78.4 Å². The molecule has 3 aromatic rings. The Hall–Kier alpha value is -4.06. The minimum Gasteiger partial charge on any atom is -0.507 e. The highest BCUT2D eigenvalue weighted by atomic mass is 16.5. The molecule has 1 atom stereocenters. The molecular formula is C33H37NO5. The first-order valence-corrected chi connectivity index (χ1v) is 13.2. The van der Waals surface area contributed by atoms with E-state index in [9.17, 15) is 14.7 Å². The summed E-state index contributed by atoms with van der Waals surface area (Å²) < 4.78 is 11.1. The van der Waals surface area contributed by atoms with E-state index in [1.807, 2.05) is 48.5 Å². The normalized spacial score (nSPS) is 17.1. The zero-order valence-corrected chi connectivity index (χ0v) is 23.5. The second-order valence-corrected chi connectivity index (χ2v) is 11.4. The van der Waals surface area contributed by atoms with Crippen LogP contribution in [0, 0.1) is 5.92 Å². The van der Waals surface area contributed by atoms with Crippen LogP contribution in [0.25, 0.3) is 5.76 Å². The number of benzene rings is 3. The highest BCUT2D eigenvalue weighted by Gasteiger charge is 2.46. The summed E-state index contributed by atoms with van der Waals surface area (Å²) in [5.41, 5.74) is 3.17. The van der Waals surface area contributed by atoms with Gasteiger partial charge in [-0.05, 0) is 64.4 Å². The van der Waals surface area contributed by atoms with Crippen LogP contribution in [0.2, 0.25) is 0 Å². The van der Waals surface area contributed by atoms with E-state index in [-0.39, 0.29) is 23.3 Å². The summed E-state index contributed by atoms with van der Waals surface area (Å²) in [4.78, 5) is 28.4. The first-order chi connectivity index (χ1) is 18.5. The van der Waals surface area contributed by atoms with Crippen molar-refractivity contribution in [3.63, 3.8) is 0 Å². The van der Waals surface area contributed by atoms with Gasteiger partial charge in [-0.15, -0.1) is 0 Å². The second kappa shape index (κ2) is 11.4. The number of carbonyl (C=O) groups is 2. The van der Waals surface area contributed by atoms with E-state index >= 15 is 0 Å². The molecule has 0 radical (unpaired) electrons. The summed E-state index contributed by atoms with van der Waals surface area (Å²) in [7, 11) is 1.58. The van der Waals surface area contributed by atoms with E-state index in [0.717, 1.165) is 16.7 Å². The average Bonchev–Trinajstić information content (AvgIpc) is 3.16. The van der Waals surface area contributed by atoms with Gasteiger partial charge in [0, 0.05) is 12.1 Å². The van der Waals surface area contributed by atoms with Crippen LogP contribution in [-0.2, 0) is 21.5 Å². The number of rotatable bonds is 8. The SMILES string of the molecule is COc1cccc(CN2C(=O)C(=O)/C(=C(\O)c3ccc(OCC(C)C)cc3)C2c2ccc(C(C)(C)C)cc2)c1. The molecular weight excluding hydrogens is 490 g/mol. The zero-order chi connectivity index (χ0) is 28.3. The molecule has 1 saturated heterocycles. The van der Waals surface area contributed by atoms with Gasteiger partial charge >= 0.3 is 0 Å². The molecule has 0 aliphatic carbocycles. The van der Waals surface area contributed by atoms with Crippen LogP contribution in [0.5, 0.6) is 11.5 Å². The third-order valence-electron chi connectivity index (χ3n) is 6.83. The monoisotopic (exact) mass is 527 g/mol. The molecule has 0 saturated carbocycles. The molecule has 0 spiro atoms. The maximum absolute atomic E-state index is 13.4. The Bertz CT molecular complexity index is 1360. The Labute approximate surface area is 230 Å². The van der Waals surface area contributed by atoms with Crippen LogP contribution in [0.3, 0.4) is 0 Å². The number of methoxy groups -OCH3 is 1. The summed E-state index contributed by atoms with van der Waals surface area (Å²) in [5, 5.41) is 11.4. The van der Waals surface area contributed by atoms with Gasteiger partial charge in [-0.25, -0.2) is 0 Å². The summed E-state index contributed by atoms with van der Waals surface area (Å²) in [6.45, 7) is 11.3. The predicted octanol–water partition coefficient (Wildman–Crippen LogP) is 6.65. The molecule has 1 aliphatic heterocycles. The Morgan fingerprint density at radius 3 is 2.21 bits per heavy atom. The van der Waals surface area contributed by atoms with Crippen molar-refractivity contribution in [3.8, 4) is 11.5 Å². The van der Waals surface area contributed by atoms with Crippen LogP contribution in [-0.4, -0.2) is 35.4 Å². The zero-order valence-electron chi connectivity index (χ0n) is 23.5. The number of ether oxygens (including phenoxy) is 2. The fraction of sp³-hybridized carbons (Fsp3) is 0.333. The van der Waals surface area contributed by atoms with Gasteiger partial charge in [-0.1, -0.05) is 71.0 Å². The van der Waals surface area contributed by atoms with Crippen molar-refractivity contribution >= 4 is 17.4 Å². The summed E-state index contributed by atoms with van der Waals surface area (Å²) >= 11 is 0. The quantitative estimate of drug-likeness (QED) is 0.202. The molecule has 1 aliphatic rings. The number of carbonyl (C=O) groups excluding carboxylic acids is 2. The minimum atomic E-state index is -0.748. The highest BCUT2D eigenvalue weighted by molar-refractivity contribution is 6.46. The lowest BCUT2D eigenvalue weighted by molar-refractivity contribution is -0.140. The predicted molar refractivity (Wildman–Crippen MR) is 153 cm³/mol. The van der Waals surface area contributed by atoms with Crippen LogP contribution < -0.4 is 9.47 Å². The topological polar surface area (TPSA) is 76.1 Å². The van der Waals surface area contributed by atoms with Gasteiger partial charge in [-0.3, -0.25) is 9.59 Å². The maximum atomic E-state index is 13.4. The lowest BCUT2D eigenvalue weighted by Crippen LogP contribution is -2.29. The number of aliphatic hydroxyl groups excluding tert-OH is 1. The first kappa shape index (κ1) is 28.0. The van der Waals surface area contributed by atoms with Crippen molar-refractivity contribution in [3.05, 3.63) is 101 Å². The smallest absolute Gasteiger partial charge is 0.295 e. The lowest BCUT2D eigenvalue weighted by atomic mass is 9.85. The molecule has 6 heteroatoms. The lowest BCUT2D eigenvalue weighted by Gasteiger charge is -2.27. The fourth-order valence-electron chi connectivity index (χ4n) is 4.65. The summed E-state index contributed by atoms with van der Waals surface area (Å²) in [5.74, 6) is 0.148. The summed E-state index contributed by atoms with van der Waals surface area (Å²) in [6, 6.07) is 21.5. The average molecular weight is 528 g/mol. The molecule has 39 heavy (non-hydrogen) atoms. The van der Waals surface area contributed by atoms with Crippen molar-refractivity contribution in [2.75, 3.05) is 13.7 Å². The Morgan fingerprint density at radius 1 is 0.949 bits per heavy atom. The Balaban J connectivity index is 1.78. The van der Waals surface area contributed by atoms with Crippen molar-refractivity contribution in [2.24, 2.45) is 5.92 Å². The molecule has 1 unspecified atom stereocenters. The number of hydrogen-bond acceptors (Lipinski definition) is 5. The number of amides is 1. The summed E-state index contributed by atoms with van der Waals surface area (Å²) in [6.07, 6.45) is 0. The third-order valence-corrected chi connectivity index (χ3v) is 6.83. The van der Waals surface area contributed by atoms with Crippen LogP contribution in [0.4, 0.5) is 0 Å². The van der Waals surface area contributed by atoms with E-state index in [1.165, 1.54) is 4.90 Å². The second-order valence-electron chi connectivity index (χ2n) is 11.4. The fourth-order valence-corrected chi connectivity index (χ4v) is 4.65. The molecule has 6 nitrogen and oxygen atoms in total. The number of ketones is 1. The van der Waals surface area contributed by atoms with Gasteiger partial charge < -0.3 is 19.5 Å². The molecule has 3 aromatic carbocycles. The van der Waals surface area contributed by atoms with Gasteiger partial charge in [0.15, 0.2) is 0 Å². The van der Waals surface area contributed by atoms with E-state index < -0.39 is 17.7 Å². The van der Waals surface area contributed by atoms with Gasteiger partial charge in [0.25, 0.3) is 11.7 Å². The number of nitrogens with zero attached hydrogens (tertiary/aromatic N) is 1. The molecule has 1 amide bonds. The number of hydrogen-bond donors (Lipinski definition) is 1. The van der Waals surface area contributed by atoms with Gasteiger partial charge in [0.2, 0.25) is 0 Å². The van der Waals surface area contributed by atoms with E-state index in [1.54, 1.807) is 31.4 Å². The van der Waals surface area contributed by atoms with Crippen molar-refractivity contribution in [1.82, 2.24) is 4.90 Å². The van der Waals surface area contributed by atoms with Crippen LogP contribution >= 0.6 is 0 Å². The van der Waals surface area contributed by atoms with E-state index in [2.05, 4.69) is 34.6 Å².